The van der Waals surface area contributed by atoms with Gasteiger partial charge in [-0.1, -0.05) is 42.5 Å². The number of aromatic nitrogens is 2. The molecule has 7 heteroatoms. The molecule has 1 aliphatic heterocycles. The summed E-state index contributed by atoms with van der Waals surface area (Å²) < 4.78 is 15.4. The largest absolute Gasteiger partial charge is 0.338 e. The number of aryl methyl sites for hydroxylation is 1. The number of fused-ring (bicyclic) bond motifs is 1. The Bertz CT molecular complexity index is 1400. The van der Waals surface area contributed by atoms with Gasteiger partial charge in [-0.3, -0.25) is 9.59 Å². The number of benzene rings is 3. The third-order valence-electron chi connectivity index (χ3n) is 6.58. The lowest BCUT2D eigenvalue weighted by atomic mass is 9.98. The minimum absolute atomic E-state index is 0.0963. The van der Waals surface area contributed by atoms with Crippen LogP contribution in [0.3, 0.4) is 0 Å². The molecule has 5 rings (SSSR count). The van der Waals surface area contributed by atoms with E-state index < -0.39 is 0 Å². The van der Waals surface area contributed by atoms with Crippen LogP contribution in [0.4, 0.5) is 10.1 Å². The van der Waals surface area contributed by atoms with E-state index in [0.717, 1.165) is 28.9 Å². The number of amides is 2. The molecule has 0 unspecified atom stereocenters. The highest BCUT2D eigenvalue weighted by atomic mass is 19.1. The van der Waals surface area contributed by atoms with E-state index in [1.165, 1.54) is 19.1 Å². The van der Waals surface area contributed by atoms with Crippen LogP contribution in [-0.2, 0) is 11.3 Å². The Morgan fingerprint density at radius 2 is 1.83 bits per heavy atom. The second kappa shape index (κ2) is 9.33. The molecule has 6 nitrogen and oxygen atoms in total. The highest BCUT2D eigenvalue weighted by molar-refractivity contribution is 6.07. The first-order valence-electron chi connectivity index (χ1n) is 11.8. The molecular weight excluding hydrogens is 443 g/mol. The number of nitrogens with zero attached hydrogens (tertiary/aromatic N) is 3. The van der Waals surface area contributed by atoms with Crippen LogP contribution in [0.25, 0.3) is 11.0 Å². The first-order chi connectivity index (χ1) is 16.9. The third-order valence-corrected chi connectivity index (χ3v) is 6.58. The van der Waals surface area contributed by atoms with Crippen LogP contribution in [0.1, 0.15) is 46.6 Å². The van der Waals surface area contributed by atoms with Crippen molar-refractivity contribution in [3.8, 4) is 0 Å². The fourth-order valence-corrected chi connectivity index (χ4v) is 4.90. The van der Waals surface area contributed by atoms with Crippen LogP contribution >= 0.6 is 0 Å². The van der Waals surface area contributed by atoms with Gasteiger partial charge in [-0.15, -0.1) is 0 Å². The summed E-state index contributed by atoms with van der Waals surface area (Å²) in [6, 6.07) is 20.1. The van der Waals surface area contributed by atoms with E-state index in [0.29, 0.717) is 36.4 Å². The lowest BCUT2D eigenvalue weighted by Crippen LogP contribution is -2.29. The minimum Gasteiger partial charge on any atom is -0.338 e. The third kappa shape index (κ3) is 4.67. The SMILES string of the molecule is CC(=O)Nc1cc(C(=O)N2CC[C@@H](c3ccc(F)cc3)C2)c2c(c1)nc(C)n2Cc1ccccc1. The predicted octanol–water partition coefficient (Wildman–Crippen LogP) is 5.12. The Morgan fingerprint density at radius 1 is 1.09 bits per heavy atom. The fourth-order valence-electron chi connectivity index (χ4n) is 4.90. The number of halogens is 1. The number of carbonyl (C=O) groups excluding carboxylic acids is 2. The van der Waals surface area contributed by atoms with Crippen molar-refractivity contribution < 1.29 is 14.0 Å². The molecule has 0 aliphatic carbocycles. The number of carbonyl (C=O) groups is 2. The number of nitrogens with one attached hydrogen (secondary N) is 1. The van der Waals surface area contributed by atoms with E-state index in [4.69, 9.17) is 4.98 Å². The van der Waals surface area contributed by atoms with Gasteiger partial charge in [0.2, 0.25) is 5.91 Å². The second-order valence-electron chi connectivity index (χ2n) is 9.09. The molecule has 1 saturated heterocycles. The van der Waals surface area contributed by atoms with E-state index in [1.807, 2.05) is 48.2 Å². The zero-order chi connectivity index (χ0) is 24.5. The molecule has 0 spiro atoms. The normalized spacial score (nSPS) is 15.5. The summed E-state index contributed by atoms with van der Waals surface area (Å²) in [7, 11) is 0. The lowest BCUT2D eigenvalue weighted by molar-refractivity contribution is -0.114. The van der Waals surface area contributed by atoms with Gasteiger partial charge in [0.25, 0.3) is 5.91 Å². The number of anilines is 1. The van der Waals surface area contributed by atoms with Crippen molar-refractivity contribution in [3.05, 3.63) is 95.1 Å². The molecule has 178 valence electrons. The van der Waals surface area contributed by atoms with Crippen LogP contribution in [0.15, 0.2) is 66.7 Å². The average molecular weight is 471 g/mol. The van der Waals surface area contributed by atoms with Gasteiger partial charge in [-0.25, -0.2) is 9.37 Å². The second-order valence-corrected chi connectivity index (χ2v) is 9.09. The topological polar surface area (TPSA) is 67.2 Å². The Labute approximate surface area is 203 Å². The van der Waals surface area contributed by atoms with Crippen LogP contribution in [-0.4, -0.2) is 39.4 Å². The maximum absolute atomic E-state index is 13.9. The number of likely N-dealkylation sites (tertiary alicyclic amines) is 1. The van der Waals surface area contributed by atoms with Crippen LogP contribution in [0, 0.1) is 12.7 Å². The van der Waals surface area contributed by atoms with Crippen molar-refractivity contribution in [2.24, 2.45) is 0 Å². The molecular formula is C28H27FN4O2. The maximum Gasteiger partial charge on any atom is 0.256 e. The first kappa shape index (κ1) is 22.8. The molecule has 1 fully saturated rings. The first-order valence-corrected chi connectivity index (χ1v) is 11.8. The predicted molar refractivity (Wildman–Crippen MR) is 134 cm³/mol. The molecule has 35 heavy (non-hydrogen) atoms. The molecule has 2 heterocycles. The fraction of sp³-hybridized carbons (Fsp3) is 0.250. The Morgan fingerprint density at radius 3 is 2.54 bits per heavy atom. The van der Waals surface area contributed by atoms with Crippen molar-refractivity contribution in [1.82, 2.24) is 14.5 Å². The van der Waals surface area contributed by atoms with E-state index in [9.17, 15) is 14.0 Å². The van der Waals surface area contributed by atoms with Gasteiger partial charge in [0.1, 0.15) is 11.6 Å². The highest BCUT2D eigenvalue weighted by Crippen LogP contribution is 2.32. The standard InChI is InChI=1S/C28H27FN4O2/c1-18-30-26-15-24(31-19(2)34)14-25(27(26)33(18)16-20-6-4-3-5-7-20)28(35)32-13-12-22(17-32)21-8-10-23(29)11-9-21/h3-11,14-15,22H,12-13,16-17H2,1-2H3,(H,31,34)/t22-/m1/s1. The molecule has 3 aromatic carbocycles. The number of rotatable bonds is 5. The molecule has 0 bridgehead atoms. The van der Waals surface area contributed by atoms with Gasteiger partial charge in [0.15, 0.2) is 0 Å². The highest BCUT2D eigenvalue weighted by Gasteiger charge is 2.30. The van der Waals surface area contributed by atoms with E-state index in [1.54, 1.807) is 18.2 Å². The summed E-state index contributed by atoms with van der Waals surface area (Å²) in [5, 5.41) is 2.81. The summed E-state index contributed by atoms with van der Waals surface area (Å²) in [5.41, 5.74) is 4.63. The average Bonchev–Trinajstić information content (AvgIpc) is 3.44. The van der Waals surface area contributed by atoms with E-state index >= 15 is 0 Å². The molecule has 2 amide bonds. The minimum atomic E-state index is -0.265. The number of hydrogen-bond acceptors (Lipinski definition) is 3. The zero-order valence-corrected chi connectivity index (χ0v) is 19.8. The van der Waals surface area contributed by atoms with E-state index in [-0.39, 0.29) is 23.5 Å². The van der Waals surface area contributed by atoms with Crippen molar-refractivity contribution in [3.63, 3.8) is 0 Å². The van der Waals surface area contributed by atoms with Crippen molar-refractivity contribution in [2.75, 3.05) is 18.4 Å². The molecule has 1 atom stereocenters. The smallest absolute Gasteiger partial charge is 0.256 e. The number of imidazole rings is 1. The maximum atomic E-state index is 13.9. The summed E-state index contributed by atoms with van der Waals surface area (Å²) in [4.78, 5) is 32.2. The Kier molecular flexibility index (Phi) is 6.07. The number of hydrogen-bond donors (Lipinski definition) is 1. The van der Waals surface area contributed by atoms with Gasteiger partial charge in [0, 0.05) is 38.2 Å². The molecule has 0 radical (unpaired) electrons. The Hall–Kier alpha value is -4.00. The van der Waals surface area contributed by atoms with Crippen molar-refractivity contribution >= 4 is 28.5 Å². The molecule has 1 aromatic heterocycles. The lowest BCUT2D eigenvalue weighted by Gasteiger charge is -2.19. The summed E-state index contributed by atoms with van der Waals surface area (Å²) in [6.07, 6.45) is 0.814. The quantitative estimate of drug-likeness (QED) is 0.440. The van der Waals surface area contributed by atoms with E-state index in [2.05, 4.69) is 9.88 Å². The van der Waals surface area contributed by atoms with Gasteiger partial charge in [-0.2, -0.15) is 0 Å². The molecule has 1 aliphatic rings. The summed E-state index contributed by atoms with van der Waals surface area (Å²) in [5.74, 6) is 0.383. The van der Waals surface area contributed by atoms with Crippen molar-refractivity contribution in [2.45, 2.75) is 32.7 Å². The Balaban J connectivity index is 1.53. The summed E-state index contributed by atoms with van der Waals surface area (Å²) in [6.45, 7) is 5.12. The zero-order valence-electron chi connectivity index (χ0n) is 19.8. The monoisotopic (exact) mass is 470 g/mol. The van der Waals surface area contributed by atoms with Gasteiger partial charge < -0.3 is 14.8 Å². The summed E-state index contributed by atoms with van der Waals surface area (Å²) >= 11 is 0. The van der Waals surface area contributed by atoms with Crippen LogP contribution < -0.4 is 5.32 Å². The van der Waals surface area contributed by atoms with Crippen molar-refractivity contribution in [1.29, 1.82) is 0 Å². The molecule has 4 aromatic rings. The molecule has 0 saturated carbocycles. The molecule has 1 N–H and O–H groups in total. The van der Waals surface area contributed by atoms with Crippen LogP contribution in [0.5, 0.6) is 0 Å². The van der Waals surface area contributed by atoms with Gasteiger partial charge >= 0.3 is 0 Å². The van der Waals surface area contributed by atoms with Gasteiger partial charge in [-0.05, 0) is 48.7 Å². The van der Waals surface area contributed by atoms with Crippen LogP contribution in [0.2, 0.25) is 0 Å². The van der Waals surface area contributed by atoms with Gasteiger partial charge in [0.05, 0.1) is 16.6 Å².